The molecule has 92 valence electrons. The molecule has 0 radical (unpaired) electrons. The molecule has 0 saturated carbocycles. The Morgan fingerprint density at radius 2 is 1.76 bits per heavy atom. The Bertz CT molecular complexity index is 346. The molecule has 17 heavy (non-hydrogen) atoms. The third kappa shape index (κ3) is 1.71. The Hall–Kier alpha value is -1.16. The molecule has 2 fully saturated rings. The summed E-state index contributed by atoms with van der Waals surface area (Å²) < 4.78 is 0. The predicted octanol–water partition coefficient (Wildman–Crippen LogP) is 0.690. The van der Waals surface area contributed by atoms with Gasteiger partial charge in [0.2, 0.25) is 11.8 Å². The SMILES string of the molecule is O=C1[C@H]2CC=CC[C@H]2C(=O)N1C1CCCNC1. The molecule has 2 heterocycles. The van der Waals surface area contributed by atoms with Crippen LogP contribution in [0, 0.1) is 11.8 Å². The van der Waals surface area contributed by atoms with Crippen molar-refractivity contribution in [3.8, 4) is 0 Å². The minimum atomic E-state index is -0.0746. The lowest BCUT2D eigenvalue weighted by atomic mass is 9.85. The van der Waals surface area contributed by atoms with E-state index in [4.69, 9.17) is 0 Å². The average molecular weight is 234 g/mol. The minimum Gasteiger partial charge on any atom is -0.315 e. The van der Waals surface area contributed by atoms with Crippen molar-refractivity contribution in [2.75, 3.05) is 13.1 Å². The molecule has 0 aromatic rings. The van der Waals surface area contributed by atoms with Crippen molar-refractivity contribution >= 4 is 11.8 Å². The summed E-state index contributed by atoms with van der Waals surface area (Å²) in [7, 11) is 0. The van der Waals surface area contributed by atoms with Crippen LogP contribution in [0.15, 0.2) is 12.2 Å². The molecule has 1 aliphatic carbocycles. The highest BCUT2D eigenvalue weighted by Crippen LogP contribution is 2.36. The first-order valence-electron chi connectivity index (χ1n) is 6.51. The predicted molar refractivity (Wildman–Crippen MR) is 63.1 cm³/mol. The van der Waals surface area contributed by atoms with E-state index in [1.807, 2.05) is 12.2 Å². The topological polar surface area (TPSA) is 49.4 Å². The van der Waals surface area contributed by atoms with E-state index in [0.29, 0.717) is 0 Å². The number of allylic oxidation sites excluding steroid dienone is 2. The number of hydrogen-bond acceptors (Lipinski definition) is 3. The fourth-order valence-electron chi connectivity index (χ4n) is 3.24. The van der Waals surface area contributed by atoms with Gasteiger partial charge in [0.15, 0.2) is 0 Å². The van der Waals surface area contributed by atoms with Crippen LogP contribution < -0.4 is 5.32 Å². The lowest BCUT2D eigenvalue weighted by Crippen LogP contribution is -2.49. The Morgan fingerprint density at radius 3 is 2.29 bits per heavy atom. The number of nitrogens with zero attached hydrogens (tertiary/aromatic N) is 1. The Labute approximate surface area is 101 Å². The van der Waals surface area contributed by atoms with E-state index in [0.717, 1.165) is 38.8 Å². The molecule has 2 amide bonds. The fourth-order valence-corrected chi connectivity index (χ4v) is 3.24. The average Bonchev–Trinajstić information content (AvgIpc) is 2.64. The van der Waals surface area contributed by atoms with Gasteiger partial charge in [-0.1, -0.05) is 12.2 Å². The Morgan fingerprint density at radius 1 is 1.12 bits per heavy atom. The lowest BCUT2D eigenvalue weighted by Gasteiger charge is -2.30. The van der Waals surface area contributed by atoms with Gasteiger partial charge in [0, 0.05) is 6.54 Å². The molecular formula is C13H18N2O2. The van der Waals surface area contributed by atoms with Crippen molar-refractivity contribution in [1.29, 1.82) is 0 Å². The van der Waals surface area contributed by atoms with Gasteiger partial charge in [-0.25, -0.2) is 0 Å². The van der Waals surface area contributed by atoms with E-state index in [-0.39, 0.29) is 29.7 Å². The van der Waals surface area contributed by atoms with Crippen molar-refractivity contribution in [2.24, 2.45) is 11.8 Å². The zero-order chi connectivity index (χ0) is 11.8. The molecule has 2 saturated heterocycles. The van der Waals surface area contributed by atoms with Gasteiger partial charge < -0.3 is 5.32 Å². The van der Waals surface area contributed by atoms with E-state index in [9.17, 15) is 9.59 Å². The maximum absolute atomic E-state index is 12.3. The van der Waals surface area contributed by atoms with E-state index in [2.05, 4.69) is 5.32 Å². The van der Waals surface area contributed by atoms with Crippen LogP contribution in [-0.2, 0) is 9.59 Å². The number of imide groups is 1. The molecule has 0 spiro atoms. The van der Waals surface area contributed by atoms with Gasteiger partial charge in [-0.3, -0.25) is 14.5 Å². The molecule has 4 heteroatoms. The third-order valence-electron chi connectivity index (χ3n) is 4.18. The summed E-state index contributed by atoms with van der Waals surface area (Å²) in [5, 5.41) is 3.27. The largest absolute Gasteiger partial charge is 0.315 e. The molecule has 1 N–H and O–H groups in total. The van der Waals surface area contributed by atoms with Crippen LogP contribution in [0.5, 0.6) is 0 Å². The van der Waals surface area contributed by atoms with Crippen molar-refractivity contribution in [1.82, 2.24) is 10.2 Å². The Kier molecular flexibility index (Phi) is 2.74. The number of fused-ring (bicyclic) bond motifs is 1. The zero-order valence-corrected chi connectivity index (χ0v) is 9.89. The molecular weight excluding hydrogens is 216 g/mol. The molecule has 0 aromatic carbocycles. The van der Waals surface area contributed by atoms with E-state index >= 15 is 0 Å². The first kappa shape index (κ1) is 11.0. The summed E-state index contributed by atoms with van der Waals surface area (Å²) in [5.74, 6) is -0.0139. The van der Waals surface area contributed by atoms with Gasteiger partial charge in [-0.15, -0.1) is 0 Å². The van der Waals surface area contributed by atoms with Crippen LogP contribution in [0.3, 0.4) is 0 Å². The summed E-state index contributed by atoms with van der Waals surface area (Å²) in [5.41, 5.74) is 0. The maximum atomic E-state index is 12.3. The van der Waals surface area contributed by atoms with Crippen LogP contribution in [0.4, 0.5) is 0 Å². The van der Waals surface area contributed by atoms with Crippen LogP contribution in [0.25, 0.3) is 0 Å². The fraction of sp³-hybridized carbons (Fsp3) is 0.692. The first-order chi connectivity index (χ1) is 8.29. The van der Waals surface area contributed by atoms with Gasteiger partial charge in [0.1, 0.15) is 0 Å². The molecule has 2 aliphatic heterocycles. The second kappa shape index (κ2) is 4.26. The molecule has 0 bridgehead atoms. The molecule has 0 aromatic heterocycles. The van der Waals surface area contributed by atoms with Gasteiger partial charge in [0.25, 0.3) is 0 Å². The number of nitrogens with one attached hydrogen (secondary N) is 1. The number of piperidine rings is 1. The minimum absolute atomic E-state index is 0.0676. The van der Waals surface area contributed by atoms with Crippen LogP contribution in [-0.4, -0.2) is 35.8 Å². The standard InChI is InChI=1S/C13H18N2O2/c16-12-10-5-1-2-6-11(10)13(17)15(12)9-4-3-7-14-8-9/h1-2,9-11,14H,3-8H2/t9?,10-,11+. The molecule has 3 aliphatic rings. The van der Waals surface area contributed by atoms with Crippen molar-refractivity contribution in [3.63, 3.8) is 0 Å². The molecule has 4 nitrogen and oxygen atoms in total. The van der Waals surface area contributed by atoms with Crippen LogP contribution >= 0.6 is 0 Å². The number of carbonyl (C=O) groups excluding carboxylic acids is 2. The number of carbonyl (C=O) groups is 2. The van der Waals surface area contributed by atoms with E-state index in [1.165, 1.54) is 0 Å². The smallest absolute Gasteiger partial charge is 0.233 e. The summed E-state index contributed by atoms with van der Waals surface area (Å²) in [6.07, 6.45) is 7.56. The van der Waals surface area contributed by atoms with E-state index < -0.39 is 0 Å². The second-order valence-corrected chi connectivity index (χ2v) is 5.20. The third-order valence-corrected chi connectivity index (χ3v) is 4.18. The molecule has 3 rings (SSSR count). The van der Waals surface area contributed by atoms with E-state index in [1.54, 1.807) is 4.90 Å². The highest BCUT2D eigenvalue weighted by molar-refractivity contribution is 6.05. The highest BCUT2D eigenvalue weighted by atomic mass is 16.2. The number of hydrogen-bond donors (Lipinski definition) is 1. The summed E-state index contributed by atoms with van der Waals surface area (Å²) >= 11 is 0. The van der Waals surface area contributed by atoms with Gasteiger partial charge >= 0.3 is 0 Å². The monoisotopic (exact) mass is 234 g/mol. The highest BCUT2D eigenvalue weighted by Gasteiger charge is 2.49. The second-order valence-electron chi connectivity index (χ2n) is 5.20. The molecule has 1 unspecified atom stereocenters. The summed E-state index contributed by atoms with van der Waals surface area (Å²) in [4.78, 5) is 26.1. The quantitative estimate of drug-likeness (QED) is 0.536. The van der Waals surface area contributed by atoms with Crippen LogP contribution in [0.2, 0.25) is 0 Å². The van der Waals surface area contributed by atoms with Crippen molar-refractivity contribution in [3.05, 3.63) is 12.2 Å². The van der Waals surface area contributed by atoms with Crippen molar-refractivity contribution in [2.45, 2.75) is 31.7 Å². The maximum Gasteiger partial charge on any atom is 0.233 e. The Balaban J connectivity index is 1.81. The van der Waals surface area contributed by atoms with Crippen LogP contribution in [0.1, 0.15) is 25.7 Å². The number of likely N-dealkylation sites (tertiary alicyclic amines) is 1. The number of rotatable bonds is 1. The molecule has 3 atom stereocenters. The first-order valence-corrected chi connectivity index (χ1v) is 6.51. The number of amides is 2. The summed E-state index contributed by atoms with van der Waals surface area (Å²) in [6.45, 7) is 1.77. The zero-order valence-electron chi connectivity index (χ0n) is 9.89. The summed E-state index contributed by atoms with van der Waals surface area (Å²) in [6, 6.07) is 0.0920. The van der Waals surface area contributed by atoms with Gasteiger partial charge in [-0.2, -0.15) is 0 Å². The van der Waals surface area contributed by atoms with Gasteiger partial charge in [0.05, 0.1) is 17.9 Å². The normalized spacial score (nSPS) is 37.4. The van der Waals surface area contributed by atoms with Gasteiger partial charge in [-0.05, 0) is 32.2 Å². The van der Waals surface area contributed by atoms with Crippen molar-refractivity contribution < 1.29 is 9.59 Å². The lowest BCUT2D eigenvalue weighted by molar-refractivity contribution is -0.143.